The van der Waals surface area contributed by atoms with Crippen molar-refractivity contribution in [3.63, 3.8) is 0 Å². The van der Waals surface area contributed by atoms with Crippen LogP contribution in [0.25, 0.3) is 10.9 Å². The van der Waals surface area contributed by atoms with E-state index in [4.69, 9.17) is 4.74 Å². The molecule has 1 saturated carbocycles. The number of nitrogens with zero attached hydrogens (tertiary/aromatic N) is 1. The van der Waals surface area contributed by atoms with Crippen LogP contribution in [0.2, 0.25) is 0 Å². The van der Waals surface area contributed by atoms with Gasteiger partial charge in [0.25, 0.3) is 5.91 Å². The van der Waals surface area contributed by atoms with Gasteiger partial charge >= 0.3 is 5.97 Å². The summed E-state index contributed by atoms with van der Waals surface area (Å²) in [5.74, 6) is -0.450. The summed E-state index contributed by atoms with van der Waals surface area (Å²) in [6.07, 6.45) is 1.27. The van der Waals surface area contributed by atoms with Crippen LogP contribution in [-0.4, -0.2) is 23.0 Å². The summed E-state index contributed by atoms with van der Waals surface area (Å²) < 4.78 is 5.49. The number of pyridine rings is 1. The summed E-state index contributed by atoms with van der Waals surface area (Å²) in [4.78, 5) is 30.0. The molecule has 142 valence electrons. The van der Waals surface area contributed by atoms with Gasteiger partial charge < -0.3 is 10.1 Å². The maximum atomic E-state index is 12.9. The number of carbonyl (C=O) groups is 2. The number of carbonyl (C=O) groups excluding carboxylic acids is 2. The molecule has 5 nitrogen and oxygen atoms in total. The van der Waals surface area contributed by atoms with Crippen molar-refractivity contribution in [1.29, 1.82) is 0 Å². The lowest BCUT2D eigenvalue weighted by Crippen LogP contribution is -2.30. The van der Waals surface area contributed by atoms with E-state index in [0.29, 0.717) is 17.2 Å². The molecule has 1 aromatic heterocycles. The molecule has 28 heavy (non-hydrogen) atoms. The number of amides is 1. The lowest BCUT2D eigenvalue weighted by molar-refractivity contribution is -0.123. The van der Waals surface area contributed by atoms with Crippen molar-refractivity contribution in [3.8, 4) is 0 Å². The highest BCUT2D eigenvalue weighted by molar-refractivity contribution is 6.05. The number of aromatic nitrogens is 1. The van der Waals surface area contributed by atoms with Crippen LogP contribution in [0, 0.1) is 6.92 Å². The fraction of sp³-hybridized carbons (Fsp3) is 0.261. The molecule has 3 aromatic rings. The Morgan fingerprint density at radius 1 is 1.11 bits per heavy atom. The number of benzene rings is 2. The van der Waals surface area contributed by atoms with Gasteiger partial charge in [0.1, 0.15) is 0 Å². The van der Waals surface area contributed by atoms with Crippen LogP contribution in [0.3, 0.4) is 0 Å². The van der Waals surface area contributed by atoms with E-state index in [1.165, 1.54) is 0 Å². The van der Waals surface area contributed by atoms with Gasteiger partial charge in [0.15, 0.2) is 6.10 Å². The Morgan fingerprint density at radius 2 is 1.82 bits per heavy atom. The second-order valence-electron chi connectivity index (χ2n) is 7.24. The van der Waals surface area contributed by atoms with Gasteiger partial charge in [-0.1, -0.05) is 36.4 Å². The van der Waals surface area contributed by atoms with E-state index in [9.17, 15) is 9.59 Å². The lowest BCUT2D eigenvalue weighted by Gasteiger charge is -2.16. The van der Waals surface area contributed by atoms with Crippen LogP contribution in [-0.2, 0) is 9.53 Å². The Hall–Kier alpha value is -3.21. The standard InChI is InChI=1S/C23H22N2O3/c1-14-7-3-5-9-19(14)25-22(26)15(2)28-23(27)18-13-21(16-11-12-16)24-20-10-6-4-8-17(18)20/h3-10,13,15-16H,11-12H2,1-2H3,(H,25,26). The highest BCUT2D eigenvalue weighted by Crippen LogP contribution is 2.40. The molecule has 1 amide bonds. The second-order valence-corrected chi connectivity index (χ2v) is 7.24. The number of anilines is 1. The van der Waals surface area contributed by atoms with E-state index < -0.39 is 12.1 Å². The van der Waals surface area contributed by atoms with Crippen molar-refractivity contribution in [1.82, 2.24) is 4.98 Å². The molecule has 0 bridgehead atoms. The monoisotopic (exact) mass is 374 g/mol. The van der Waals surface area contributed by atoms with Crippen LogP contribution in [0.5, 0.6) is 0 Å². The summed E-state index contributed by atoms with van der Waals surface area (Å²) in [5.41, 5.74) is 3.81. The minimum absolute atomic E-state index is 0.358. The highest BCUT2D eigenvalue weighted by Gasteiger charge is 2.28. The van der Waals surface area contributed by atoms with E-state index in [2.05, 4.69) is 10.3 Å². The molecule has 1 unspecified atom stereocenters. The van der Waals surface area contributed by atoms with E-state index in [0.717, 1.165) is 35.0 Å². The quantitative estimate of drug-likeness (QED) is 0.663. The molecule has 1 N–H and O–H groups in total. The molecule has 1 atom stereocenters. The van der Waals surface area contributed by atoms with Crippen molar-refractivity contribution < 1.29 is 14.3 Å². The molecule has 1 aliphatic rings. The molecule has 1 heterocycles. The number of hydrogen-bond acceptors (Lipinski definition) is 4. The average molecular weight is 374 g/mol. The van der Waals surface area contributed by atoms with Gasteiger partial charge in [-0.2, -0.15) is 0 Å². The van der Waals surface area contributed by atoms with E-state index in [-0.39, 0.29) is 5.91 Å². The van der Waals surface area contributed by atoms with Gasteiger partial charge in [-0.05, 0) is 50.5 Å². The second kappa shape index (κ2) is 7.43. The van der Waals surface area contributed by atoms with Gasteiger partial charge in [0.2, 0.25) is 0 Å². The maximum absolute atomic E-state index is 12.9. The summed E-state index contributed by atoms with van der Waals surface area (Å²) in [6.45, 7) is 3.49. The third kappa shape index (κ3) is 3.74. The summed E-state index contributed by atoms with van der Waals surface area (Å²) in [6, 6.07) is 16.8. The van der Waals surface area contributed by atoms with Gasteiger partial charge in [-0.3, -0.25) is 9.78 Å². The first kappa shape index (κ1) is 18.2. The number of aryl methyl sites for hydroxylation is 1. The highest BCUT2D eigenvalue weighted by atomic mass is 16.5. The zero-order chi connectivity index (χ0) is 19.7. The molecule has 5 heteroatoms. The van der Waals surface area contributed by atoms with Crippen LogP contribution in [0.1, 0.15) is 47.3 Å². The van der Waals surface area contributed by atoms with Crippen LogP contribution < -0.4 is 5.32 Å². The molecule has 4 rings (SSSR count). The largest absolute Gasteiger partial charge is 0.449 e. The average Bonchev–Trinajstić information content (AvgIpc) is 3.54. The minimum Gasteiger partial charge on any atom is -0.449 e. The van der Waals surface area contributed by atoms with Crippen LogP contribution >= 0.6 is 0 Å². The SMILES string of the molecule is Cc1ccccc1NC(=O)C(C)OC(=O)c1cc(C2CC2)nc2ccccc12. The predicted octanol–water partition coefficient (Wildman–Crippen LogP) is 4.60. The number of fused-ring (bicyclic) bond motifs is 1. The van der Waals surface area contributed by atoms with E-state index >= 15 is 0 Å². The molecular formula is C23H22N2O3. The van der Waals surface area contributed by atoms with Crippen molar-refractivity contribution >= 4 is 28.5 Å². The molecule has 1 fully saturated rings. The summed E-state index contributed by atoms with van der Waals surface area (Å²) in [7, 11) is 0. The van der Waals surface area contributed by atoms with Gasteiger partial charge in [-0.15, -0.1) is 0 Å². The van der Waals surface area contributed by atoms with E-state index in [1.54, 1.807) is 6.92 Å². The third-order valence-electron chi connectivity index (χ3n) is 5.01. The zero-order valence-electron chi connectivity index (χ0n) is 15.9. The number of nitrogens with one attached hydrogen (secondary N) is 1. The van der Waals surface area contributed by atoms with Crippen molar-refractivity contribution in [2.75, 3.05) is 5.32 Å². The van der Waals surface area contributed by atoms with Gasteiger partial charge in [0.05, 0.1) is 11.1 Å². The number of ether oxygens (including phenoxy) is 1. The normalized spacial score (nSPS) is 14.5. The van der Waals surface area contributed by atoms with Crippen molar-refractivity contribution in [3.05, 3.63) is 71.4 Å². The predicted molar refractivity (Wildman–Crippen MR) is 108 cm³/mol. The first-order valence-electron chi connectivity index (χ1n) is 9.50. The first-order chi connectivity index (χ1) is 13.5. The Balaban J connectivity index is 1.54. The smallest absolute Gasteiger partial charge is 0.339 e. The van der Waals surface area contributed by atoms with Crippen LogP contribution in [0.4, 0.5) is 5.69 Å². The summed E-state index contributed by atoms with van der Waals surface area (Å²) >= 11 is 0. The van der Waals surface area contributed by atoms with Gasteiger partial charge in [0, 0.05) is 22.7 Å². The minimum atomic E-state index is -0.914. The maximum Gasteiger partial charge on any atom is 0.339 e. The Labute approximate surface area is 163 Å². The number of para-hydroxylation sites is 2. The fourth-order valence-electron chi connectivity index (χ4n) is 3.18. The lowest BCUT2D eigenvalue weighted by atomic mass is 10.1. The van der Waals surface area contributed by atoms with Crippen LogP contribution in [0.15, 0.2) is 54.6 Å². The Kier molecular flexibility index (Phi) is 4.82. The van der Waals surface area contributed by atoms with Crippen molar-refractivity contribution in [2.24, 2.45) is 0 Å². The van der Waals surface area contributed by atoms with Crippen molar-refractivity contribution in [2.45, 2.75) is 38.7 Å². The third-order valence-corrected chi connectivity index (χ3v) is 5.01. The first-order valence-corrected chi connectivity index (χ1v) is 9.50. The fourth-order valence-corrected chi connectivity index (χ4v) is 3.18. The topological polar surface area (TPSA) is 68.3 Å². The molecule has 0 saturated heterocycles. The number of esters is 1. The number of rotatable bonds is 5. The molecule has 0 aliphatic heterocycles. The molecule has 0 spiro atoms. The van der Waals surface area contributed by atoms with Gasteiger partial charge in [-0.25, -0.2) is 4.79 Å². The Morgan fingerprint density at radius 3 is 2.57 bits per heavy atom. The molecular weight excluding hydrogens is 352 g/mol. The molecule has 0 radical (unpaired) electrons. The zero-order valence-corrected chi connectivity index (χ0v) is 15.9. The Bertz CT molecular complexity index is 1060. The molecule has 1 aliphatic carbocycles. The van der Waals surface area contributed by atoms with E-state index in [1.807, 2.05) is 61.5 Å². The summed E-state index contributed by atoms with van der Waals surface area (Å²) in [5, 5.41) is 3.55. The number of hydrogen-bond donors (Lipinski definition) is 1. The molecule has 2 aromatic carbocycles.